The topological polar surface area (TPSA) is 75.6 Å². The number of carbonyl (C=O) groups is 1. The molecule has 58 valence electrons. The van der Waals surface area contributed by atoms with Gasteiger partial charge in [-0.3, -0.25) is 4.79 Å². The Hall–Kier alpha value is -0.510. The molecule has 0 aliphatic rings. The highest BCUT2D eigenvalue weighted by molar-refractivity contribution is 7.35. The third kappa shape index (κ3) is 3.50. The van der Waals surface area contributed by atoms with Gasteiger partial charge in [0.05, 0.1) is 7.11 Å². The van der Waals surface area contributed by atoms with Crippen LogP contribution < -0.4 is 5.09 Å². The van der Waals surface area contributed by atoms with Gasteiger partial charge in [0.25, 0.3) is 0 Å². The molecule has 5 nitrogen and oxygen atoms in total. The minimum atomic E-state index is -2.48. The molecule has 0 aromatic rings. The summed E-state index contributed by atoms with van der Waals surface area (Å²) in [7, 11) is -1.27. The van der Waals surface area contributed by atoms with Crippen LogP contribution in [-0.4, -0.2) is 24.0 Å². The Bertz CT molecular complexity index is 148. The number of methoxy groups -OCH3 is 1. The van der Waals surface area contributed by atoms with Crippen LogP contribution in [0.15, 0.2) is 0 Å². The van der Waals surface area contributed by atoms with E-state index in [1.165, 1.54) is 14.0 Å². The van der Waals surface area contributed by atoms with Crippen molar-refractivity contribution in [2.75, 3.05) is 7.11 Å². The molecule has 0 heterocycles. The molecule has 2 atom stereocenters. The lowest BCUT2D eigenvalue weighted by Crippen LogP contribution is -2.29. The summed E-state index contributed by atoms with van der Waals surface area (Å²) < 4.78 is 14.3. The van der Waals surface area contributed by atoms with Crippen LogP contribution in [0, 0.1) is 0 Å². The zero-order valence-electron chi connectivity index (χ0n) is 5.70. The molecule has 0 saturated heterocycles. The number of nitrogens with one attached hydrogen (secondary N) is 1. The average Bonchev–Trinajstić information content (AvgIpc) is 1.85. The predicted octanol–water partition coefficient (Wildman–Crippen LogP) is -0.213. The number of carbonyl (C=O) groups excluding carboxylic acids is 1. The monoisotopic (exact) mass is 166 g/mol. The first-order valence-corrected chi connectivity index (χ1v) is 3.79. The van der Waals surface area contributed by atoms with Gasteiger partial charge in [-0.25, -0.2) is 0 Å². The van der Waals surface area contributed by atoms with Crippen LogP contribution in [-0.2, 0) is 14.1 Å². The molecule has 0 saturated carbocycles. The van der Waals surface area contributed by atoms with Gasteiger partial charge in [-0.1, -0.05) is 5.09 Å². The van der Waals surface area contributed by atoms with Crippen LogP contribution in [0.5, 0.6) is 0 Å². The molecule has 1 unspecified atom stereocenters. The van der Waals surface area contributed by atoms with Crippen LogP contribution in [0.1, 0.15) is 6.92 Å². The Balaban J connectivity index is 3.72. The van der Waals surface area contributed by atoms with Crippen molar-refractivity contribution in [3.63, 3.8) is 0 Å². The molecule has 0 aliphatic carbocycles. The maximum atomic E-state index is 10.5. The van der Waals surface area contributed by atoms with Crippen LogP contribution in [0.4, 0.5) is 0 Å². The first-order valence-electron chi connectivity index (χ1n) is 2.58. The van der Waals surface area contributed by atoms with Crippen LogP contribution in [0.25, 0.3) is 0 Å². The Morgan fingerprint density at radius 3 is 2.60 bits per heavy atom. The van der Waals surface area contributed by atoms with Crippen LogP contribution >= 0.6 is 8.18 Å². The third-order valence-electron chi connectivity index (χ3n) is 0.859. The SMILES string of the molecule is COC(=O)[C@H](C)N[P+](=O)O. The van der Waals surface area contributed by atoms with Gasteiger partial charge in [0.15, 0.2) is 0 Å². The van der Waals surface area contributed by atoms with Gasteiger partial charge in [0.2, 0.25) is 0 Å². The first-order chi connectivity index (χ1) is 4.57. The molecule has 10 heavy (non-hydrogen) atoms. The Labute approximate surface area is 59.3 Å². The normalized spacial score (nSPS) is 14.1. The fourth-order valence-corrected chi connectivity index (χ4v) is 0.832. The maximum absolute atomic E-state index is 10.5. The predicted molar refractivity (Wildman–Crippen MR) is 34.4 cm³/mol. The number of hydrogen-bond acceptors (Lipinski definition) is 3. The van der Waals surface area contributed by atoms with E-state index in [-0.39, 0.29) is 0 Å². The molecule has 0 amide bonds. The van der Waals surface area contributed by atoms with Gasteiger partial charge in [0.1, 0.15) is 6.04 Å². The summed E-state index contributed by atoms with van der Waals surface area (Å²) in [5.41, 5.74) is 0. The summed E-state index contributed by atoms with van der Waals surface area (Å²) >= 11 is 0. The first kappa shape index (κ1) is 9.49. The quantitative estimate of drug-likeness (QED) is 0.448. The summed E-state index contributed by atoms with van der Waals surface area (Å²) in [6.45, 7) is 1.44. The molecule has 0 aromatic heterocycles. The number of hydrogen-bond donors (Lipinski definition) is 2. The van der Waals surface area contributed by atoms with Crippen LogP contribution in [0.3, 0.4) is 0 Å². The zero-order chi connectivity index (χ0) is 8.15. The second kappa shape index (κ2) is 4.33. The van der Waals surface area contributed by atoms with Crippen molar-refractivity contribution in [2.45, 2.75) is 13.0 Å². The van der Waals surface area contributed by atoms with Gasteiger partial charge in [0, 0.05) is 0 Å². The molecule has 0 radical (unpaired) electrons. The highest BCUT2D eigenvalue weighted by Gasteiger charge is 2.22. The van der Waals surface area contributed by atoms with Crippen molar-refractivity contribution >= 4 is 14.1 Å². The van der Waals surface area contributed by atoms with E-state index in [0.29, 0.717) is 0 Å². The lowest BCUT2D eigenvalue weighted by molar-refractivity contribution is -0.142. The molecular formula is C4H9NO4P+. The molecule has 0 spiro atoms. The minimum Gasteiger partial charge on any atom is -0.468 e. The molecule has 0 rings (SSSR count). The van der Waals surface area contributed by atoms with E-state index in [0.717, 1.165) is 0 Å². The standard InChI is InChI=1S/C4H8NO4P/c1-3(4(6)9-2)5-10(7)8/h3H,1-2H3,(H-,5,7,8)/p+1/t3-/m0/s1. The van der Waals surface area contributed by atoms with E-state index in [4.69, 9.17) is 4.89 Å². The van der Waals surface area contributed by atoms with E-state index in [1.54, 1.807) is 0 Å². The van der Waals surface area contributed by atoms with Crippen molar-refractivity contribution in [3.8, 4) is 0 Å². The summed E-state index contributed by atoms with van der Waals surface area (Å²) in [5, 5.41) is 2.08. The second-order valence-electron chi connectivity index (χ2n) is 1.65. The third-order valence-corrected chi connectivity index (χ3v) is 1.47. The smallest absolute Gasteiger partial charge is 0.468 e. The van der Waals surface area contributed by atoms with Gasteiger partial charge >= 0.3 is 14.1 Å². The largest absolute Gasteiger partial charge is 0.611 e. The molecule has 0 fully saturated rings. The molecule has 0 aliphatic heterocycles. The van der Waals surface area contributed by atoms with Crippen molar-refractivity contribution in [3.05, 3.63) is 0 Å². The Morgan fingerprint density at radius 1 is 1.80 bits per heavy atom. The molecule has 2 N–H and O–H groups in total. The lowest BCUT2D eigenvalue weighted by Gasteiger charge is -2.00. The van der Waals surface area contributed by atoms with Crippen molar-refractivity contribution in [2.24, 2.45) is 0 Å². The minimum absolute atomic E-state index is 0.558. The fraction of sp³-hybridized carbons (Fsp3) is 0.750. The van der Waals surface area contributed by atoms with E-state index in [1.807, 2.05) is 0 Å². The summed E-state index contributed by atoms with van der Waals surface area (Å²) in [4.78, 5) is 18.8. The van der Waals surface area contributed by atoms with E-state index >= 15 is 0 Å². The number of rotatable bonds is 3. The van der Waals surface area contributed by atoms with E-state index in [9.17, 15) is 9.36 Å². The van der Waals surface area contributed by atoms with Crippen molar-refractivity contribution < 1.29 is 19.0 Å². The molecular weight excluding hydrogens is 157 g/mol. The second-order valence-corrected chi connectivity index (χ2v) is 2.45. The zero-order valence-corrected chi connectivity index (χ0v) is 6.59. The summed E-state index contributed by atoms with van der Waals surface area (Å²) in [6.07, 6.45) is 0. The highest BCUT2D eigenvalue weighted by atomic mass is 31.1. The van der Waals surface area contributed by atoms with Crippen molar-refractivity contribution in [1.82, 2.24) is 5.09 Å². The number of esters is 1. The van der Waals surface area contributed by atoms with Gasteiger partial charge < -0.3 is 4.74 Å². The number of ether oxygens (including phenoxy) is 1. The molecule has 0 aromatic carbocycles. The van der Waals surface area contributed by atoms with Gasteiger partial charge in [-0.15, -0.1) is 4.89 Å². The summed E-state index contributed by atoms with van der Waals surface area (Å²) in [5.74, 6) is -0.558. The summed E-state index contributed by atoms with van der Waals surface area (Å²) in [6, 6.07) is -0.737. The van der Waals surface area contributed by atoms with Gasteiger partial charge in [-0.2, -0.15) is 0 Å². The van der Waals surface area contributed by atoms with Crippen molar-refractivity contribution in [1.29, 1.82) is 0 Å². The lowest BCUT2D eigenvalue weighted by atomic mass is 10.4. The molecule has 0 bridgehead atoms. The van der Waals surface area contributed by atoms with Crippen LogP contribution in [0.2, 0.25) is 0 Å². The Morgan fingerprint density at radius 2 is 2.30 bits per heavy atom. The molecule has 6 heteroatoms. The Kier molecular flexibility index (Phi) is 4.11. The van der Waals surface area contributed by atoms with Gasteiger partial charge in [-0.05, 0) is 11.5 Å². The van der Waals surface area contributed by atoms with E-state index < -0.39 is 20.2 Å². The highest BCUT2D eigenvalue weighted by Crippen LogP contribution is 2.06. The average molecular weight is 166 g/mol. The van der Waals surface area contributed by atoms with E-state index in [2.05, 4.69) is 9.82 Å². The maximum Gasteiger partial charge on any atom is 0.611 e. The fourth-order valence-electron chi connectivity index (χ4n) is 0.395.